The number of aryl methyl sites for hydroxylation is 1. The van der Waals surface area contributed by atoms with Crippen LogP contribution in [0.1, 0.15) is 49.3 Å². The van der Waals surface area contributed by atoms with Gasteiger partial charge >= 0.3 is 0 Å². The molecule has 0 aromatic heterocycles. The first-order chi connectivity index (χ1) is 14.3. The molecule has 1 heterocycles. The van der Waals surface area contributed by atoms with Crippen molar-refractivity contribution in [1.82, 2.24) is 4.90 Å². The van der Waals surface area contributed by atoms with Gasteiger partial charge in [-0.25, -0.2) is 4.39 Å². The van der Waals surface area contributed by atoms with E-state index in [9.17, 15) is 18.8 Å². The van der Waals surface area contributed by atoms with Gasteiger partial charge in [0.25, 0.3) is 0 Å². The molecule has 0 bridgehead atoms. The molecular formula is C25H28FNO3. The van der Waals surface area contributed by atoms with Crippen molar-refractivity contribution in [2.45, 2.75) is 52.0 Å². The van der Waals surface area contributed by atoms with Crippen LogP contribution < -0.4 is 0 Å². The number of Topliss-reactive ketones (excluding diaryl/α,β-unsaturated/α-hetero) is 2. The molecule has 0 radical (unpaired) electrons. The highest BCUT2D eigenvalue weighted by Gasteiger charge is 2.44. The lowest BCUT2D eigenvalue weighted by molar-refractivity contribution is -0.139. The first-order valence-electron chi connectivity index (χ1n) is 10.5. The van der Waals surface area contributed by atoms with E-state index in [1.165, 1.54) is 12.1 Å². The van der Waals surface area contributed by atoms with Gasteiger partial charge in [0.05, 0.1) is 12.0 Å². The molecule has 4 nitrogen and oxygen atoms in total. The maximum absolute atomic E-state index is 13.2. The Kier molecular flexibility index (Phi) is 6.80. The van der Waals surface area contributed by atoms with Crippen molar-refractivity contribution in [2.24, 2.45) is 5.92 Å². The third-order valence-electron chi connectivity index (χ3n) is 6.03. The van der Waals surface area contributed by atoms with Crippen LogP contribution in [0, 0.1) is 18.7 Å². The lowest BCUT2D eigenvalue weighted by Gasteiger charge is -2.23. The standard InChI is InChI=1S/C25H28FNO3/c1-4-24(29)17(3)27-15-23(19-9-5-16(2)6-10-19)22(25(27)30)14-21(28)13-18-7-11-20(26)12-8-18/h5-12,17,22-23H,4,13-15H2,1-3H3/t17?,22-,23-/m0/s1. The maximum Gasteiger partial charge on any atom is 0.227 e. The van der Waals surface area contributed by atoms with Crippen LogP contribution in [0.25, 0.3) is 0 Å². The van der Waals surface area contributed by atoms with E-state index in [1.54, 1.807) is 30.9 Å². The number of halogens is 1. The van der Waals surface area contributed by atoms with Crippen molar-refractivity contribution < 1.29 is 18.8 Å². The zero-order chi connectivity index (χ0) is 21.8. The molecule has 0 spiro atoms. The fraction of sp³-hybridized carbons (Fsp3) is 0.400. The van der Waals surface area contributed by atoms with E-state index in [-0.39, 0.29) is 42.1 Å². The molecule has 1 aliphatic rings. The molecule has 1 aliphatic heterocycles. The zero-order valence-corrected chi connectivity index (χ0v) is 17.7. The average Bonchev–Trinajstić information content (AvgIpc) is 3.05. The van der Waals surface area contributed by atoms with Gasteiger partial charge in [-0.2, -0.15) is 0 Å². The Labute approximate surface area is 177 Å². The minimum atomic E-state index is -0.493. The van der Waals surface area contributed by atoms with E-state index in [1.807, 2.05) is 31.2 Å². The SMILES string of the molecule is CCC(=O)C(C)N1C[C@@H](c2ccc(C)cc2)[C@H](CC(=O)Cc2ccc(F)cc2)C1=O. The lowest BCUT2D eigenvalue weighted by atomic mass is 9.84. The summed E-state index contributed by atoms with van der Waals surface area (Å²) in [5.41, 5.74) is 2.86. The third kappa shape index (κ3) is 4.84. The van der Waals surface area contributed by atoms with Crippen LogP contribution >= 0.6 is 0 Å². The van der Waals surface area contributed by atoms with Crippen molar-refractivity contribution in [1.29, 1.82) is 0 Å². The molecule has 2 aromatic carbocycles. The normalized spacial score (nSPS) is 19.7. The Balaban J connectivity index is 1.82. The van der Waals surface area contributed by atoms with Crippen molar-refractivity contribution in [3.8, 4) is 0 Å². The first-order valence-corrected chi connectivity index (χ1v) is 10.5. The number of nitrogens with zero attached hydrogens (tertiary/aromatic N) is 1. The summed E-state index contributed by atoms with van der Waals surface area (Å²) in [5.74, 6) is -1.16. The third-order valence-corrected chi connectivity index (χ3v) is 6.03. The molecule has 30 heavy (non-hydrogen) atoms. The van der Waals surface area contributed by atoms with Crippen molar-refractivity contribution in [3.63, 3.8) is 0 Å². The number of amides is 1. The number of carbonyl (C=O) groups excluding carboxylic acids is 3. The second kappa shape index (κ2) is 9.33. The molecule has 5 heteroatoms. The molecule has 3 atom stereocenters. The van der Waals surface area contributed by atoms with Crippen LogP contribution in [-0.2, 0) is 20.8 Å². The van der Waals surface area contributed by atoms with Crippen molar-refractivity contribution in [3.05, 3.63) is 71.0 Å². The number of benzene rings is 2. The summed E-state index contributed by atoms with van der Waals surface area (Å²) >= 11 is 0. The predicted molar refractivity (Wildman–Crippen MR) is 114 cm³/mol. The van der Waals surface area contributed by atoms with Gasteiger partial charge in [-0.1, -0.05) is 48.9 Å². The highest BCUT2D eigenvalue weighted by atomic mass is 19.1. The van der Waals surface area contributed by atoms with E-state index in [0.29, 0.717) is 13.0 Å². The molecule has 3 rings (SSSR count). The minimum absolute atomic E-state index is 0.0179. The van der Waals surface area contributed by atoms with E-state index < -0.39 is 12.0 Å². The zero-order valence-electron chi connectivity index (χ0n) is 17.7. The number of hydrogen-bond donors (Lipinski definition) is 0. The Morgan fingerprint density at radius 2 is 1.73 bits per heavy atom. The molecule has 158 valence electrons. The van der Waals surface area contributed by atoms with E-state index >= 15 is 0 Å². The smallest absolute Gasteiger partial charge is 0.227 e. The van der Waals surface area contributed by atoms with Gasteiger partial charge in [0.2, 0.25) is 5.91 Å². The Bertz CT molecular complexity index is 920. The van der Waals surface area contributed by atoms with Crippen LogP contribution in [0.3, 0.4) is 0 Å². The van der Waals surface area contributed by atoms with Crippen molar-refractivity contribution in [2.75, 3.05) is 6.54 Å². The average molecular weight is 410 g/mol. The largest absolute Gasteiger partial charge is 0.332 e. The van der Waals surface area contributed by atoms with Gasteiger partial charge in [0.1, 0.15) is 11.6 Å². The number of carbonyl (C=O) groups is 3. The topological polar surface area (TPSA) is 54.5 Å². The van der Waals surface area contributed by atoms with Crippen LogP contribution in [-0.4, -0.2) is 35.0 Å². The summed E-state index contributed by atoms with van der Waals surface area (Å²) in [6.45, 7) is 5.99. The summed E-state index contributed by atoms with van der Waals surface area (Å²) in [4.78, 5) is 39.9. The first kappa shape index (κ1) is 21.9. The fourth-order valence-corrected chi connectivity index (χ4v) is 4.16. The van der Waals surface area contributed by atoms with E-state index in [4.69, 9.17) is 0 Å². The minimum Gasteiger partial charge on any atom is -0.332 e. The highest BCUT2D eigenvalue weighted by Crippen LogP contribution is 2.37. The second-order valence-corrected chi connectivity index (χ2v) is 8.16. The molecule has 1 fully saturated rings. The van der Waals surface area contributed by atoms with Crippen LogP contribution in [0.5, 0.6) is 0 Å². The summed E-state index contributed by atoms with van der Waals surface area (Å²) in [5, 5.41) is 0. The maximum atomic E-state index is 13.2. The highest BCUT2D eigenvalue weighted by molar-refractivity contribution is 5.94. The van der Waals surface area contributed by atoms with Gasteiger partial charge in [-0.05, 0) is 37.1 Å². The van der Waals surface area contributed by atoms with Gasteiger partial charge in [0, 0.05) is 31.7 Å². The van der Waals surface area contributed by atoms with Gasteiger partial charge in [-0.3, -0.25) is 14.4 Å². The molecule has 0 saturated carbocycles. The summed E-state index contributed by atoms with van der Waals surface area (Å²) in [7, 11) is 0. The molecule has 1 saturated heterocycles. The molecular weight excluding hydrogens is 381 g/mol. The molecule has 1 unspecified atom stereocenters. The van der Waals surface area contributed by atoms with Crippen LogP contribution in [0.2, 0.25) is 0 Å². The summed E-state index contributed by atoms with van der Waals surface area (Å²) in [6.07, 6.45) is 0.640. The van der Waals surface area contributed by atoms with E-state index in [0.717, 1.165) is 16.7 Å². The number of likely N-dealkylation sites (tertiary alicyclic amines) is 1. The van der Waals surface area contributed by atoms with Gasteiger partial charge in [0.15, 0.2) is 5.78 Å². The van der Waals surface area contributed by atoms with Crippen molar-refractivity contribution >= 4 is 17.5 Å². The second-order valence-electron chi connectivity index (χ2n) is 8.16. The summed E-state index contributed by atoms with van der Waals surface area (Å²) < 4.78 is 13.1. The Morgan fingerprint density at radius 3 is 2.33 bits per heavy atom. The number of hydrogen-bond acceptors (Lipinski definition) is 3. The Morgan fingerprint density at radius 1 is 1.10 bits per heavy atom. The molecule has 1 amide bonds. The van der Waals surface area contributed by atoms with Crippen LogP contribution in [0.4, 0.5) is 4.39 Å². The molecule has 2 aromatic rings. The van der Waals surface area contributed by atoms with E-state index in [2.05, 4.69) is 0 Å². The number of ketones is 2. The van der Waals surface area contributed by atoms with Gasteiger partial charge < -0.3 is 4.90 Å². The molecule has 0 aliphatic carbocycles. The summed E-state index contributed by atoms with van der Waals surface area (Å²) in [6, 6.07) is 13.4. The molecule has 0 N–H and O–H groups in total. The number of rotatable bonds is 8. The van der Waals surface area contributed by atoms with Crippen LogP contribution in [0.15, 0.2) is 48.5 Å². The predicted octanol–water partition coefficient (Wildman–Crippen LogP) is 4.25. The lowest BCUT2D eigenvalue weighted by Crippen LogP contribution is -2.40. The monoisotopic (exact) mass is 409 g/mol. The fourth-order valence-electron chi connectivity index (χ4n) is 4.16. The van der Waals surface area contributed by atoms with Gasteiger partial charge in [-0.15, -0.1) is 0 Å². The quantitative estimate of drug-likeness (QED) is 0.655. The Hall–Kier alpha value is -2.82.